The summed E-state index contributed by atoms with van der Waals surface area (Å²) in [5, 5.41) is 44.7. The summed E-state index contributed by atoms with van der Waals surface area (Å²) in [6.07, 6.45) is -7.04. The van der Waals surface area contributed by atoms with Crippen molar-refractivity contribution in [1.82, 2.24) is 0 Å². The Bertz CT molecular complexity index is 151. The Hall–Kier alpha value is 0.760. The average Bonchev–Trinajstić information content (AvgIpc) is 2.08. The minimum absolute atomic E-state index is 0. The van der Waals surface area contributed by atoms with Gasteiger partial charge in [0.2, 0.25) is 0 Å². The molecule has 1 aliphatic heterocycles. The number of aliphatic hydroxyl groups excluding tert-OH is 5. The molecule has 0 amide bonds. The molecule has 0 aromatic rings. The maximum absolute atomic E-state index is 9.12. The predicted octanol–water partition coefficient (Wildman–Crippen LogP) is -3.87. The molecule has 0 aromatic carbocycles. The fourth-order valence-electron chi connectivity index (χ4n) is 1.08. The molecular weight excluding hydrogens is 191 g/mol. The van der Waals surface area contributed by atoms with Crippen LogP contribution in [0.2, 0.25) is 0 Å². The van der Waals surface area contributed by atoms with E-state index in [-0.39, 0.29) is 29.6 Å². The third kappa shape index (κ3) is 2.85. The SMILES string of the molecule is OC[C@H]1OC(O)[C@H](O)[C@@H](O)[C@H]1O.[NaH]. The van der Waals surface area contributed by atoms with Crippen LogP contribution < -0.4 is 0 Å². The number of rotatable bonds is 1. The van der Waals surface area contributed by atoms with E-state index in [0.717, 1.165) is 0 Å². The third-order valence-corrected chi connectivity index (χ3v) is 1.87. The molecule has 1 aliphatic rings. The Morgan fingerprint density at radius 2 is 1.46 bits per heavy atom. The number of ether oxygens (including phenoxy) is 1. The first-order valence-corrected chi connectivity index (χ1v) is 3.56. The third-order valence-electron chi connectivity index (χ3n) is 1.87. The first kappa shape index (κ1) is 13.8. The van der Waals surface area contributed by atoms with E-state index in [0.29, 0.717) is 0 Å². The van der Waals surface area contributed by atoms with E-state index in [2.05, 4.69) is 4.74 Å². The zero-order valence-electron chi connectivity index (χ0n) is 6.24. The van der Waals surface area contributed by atoms with Crippen molar-refractivity contribution in [1.29, 1.82) is 0 Å². The van der Waals surface area contributed by atoms with Gasteiger partial charge in [0.05, 0.1) is 6.61 Å². The van der Waals surface area contributed by atoms with E-state index in [4.69, 9.17) is 25.5 Å². The summed E-state index contributed by atoms with van der Waals surface area (Å²) >= 11 is 0. The summed E-state index contributed by atoms with van der Waals surface area (Å²) in [4.78, 5) is 0. The van der Waals surface area contributed by atoms with Crippen LogP contribution in [0.25, 0.3) is 0 Å². The van der Waals surface area contributed by atoms with Crippen molar-refractivity contribution >= 4 is 29.6 Å². The minimum atomic E-state index is -1.57. The molecule has 0 saturated carbocycles. The van der Waals surface area contributed by atoms with Crippen molar-refractivity contribution in [2.75, 3.05) is 6.61 Å². The van der Waals surface area contributed by atoms with Crippen LogP contribution in [-0.4, -0.2) is 92.4 Å². The quantitative estimate of drug-likeness (QED) is 0.279. The molecule has 0 aromatic heterocycles. The first-order valence-electron chi connectivity index (χ1n) is 3.56. The molecule has 1 unspecified atom stereocenters. The van der Waals surface area contributed by atoms with Crippen LogP contribution >= 0.6 is 0 Å². The second-order valence-corrected chi connectivity index (χ2v) is 2.72. The Kier molecular flexibility index (Phi) is 5.92. The maximum atomic E-state index is 9.12. The molecule has 0 spiro atoms. The summed E-state index contributed by atoms with van der Waals surface area (Å²) in [6.45, 7) is -0.526. The number of hydrogen-bond donors (Lipinski definition) is 5. The van der Waals surface area contributed by atoms with Crippen molar-refractivity contribution in [3.05, 3.63) is 0 Å². The van der Waals surface area contributed by atoms with Gasteiger partial charge in [-0.05, 0) is 0 Å². The second-order valence-electron chi connectivity index (χ2n) is 2.72. The molecule has 1 fully saturated rings. The van der Waals surface area contributed by atoms with Gasteiger partial charge in [-0.2, -0.15) is 0 Å². The molecule has 0 bridgehead atoms. The van der Waals surface area contributed by atoms with Gasteiger partial charge < -0.3 is 30.3 Å². The van der Waals surface area contributed by atoms with Gasteiger partial charge in [-0.1, -0.05) is 0 Å². The van der Waals surface area contributed by atoms with E-state index >= 15 is 0 Å². The molecular formula is C6H13NaO6. The zero-order valence-corrected chi connectivity index (χ0v) is 6.24. The fourth-order valence-corrected chi connectivity index (χ4v) is 1.08. The Balaban J connectivity index is 0.00000144. The first-order chi connectivity index (χ1) is 5.57. The fraction of sp³-hybridized carbons (Fsp3) is 1.00. The van der Waals surface area contributed by atoms with Crippen molar-refractivity contribution in [3.63, 3.8) is 0 Å². The summed E-state index contributed by atoms with van der Waals surface area (Å²) in [7, 11) is 0. The zero-order chi connectivity index (χ0) is 9.30. The van der Waals surface area contributed by atoms with Crippen molar-refractivity contribution in [2.45, 2.75) is 30.7 Å². The monoisotopic (exact) mass is 204 g/mol. The van der Waals surface area contributed by atoms with Crippen LogP contribution in [0.4, 0.5) is 0 Å². The molecule has 74 valence electrons. The van der Waals surface area contributed by atoms with Crippen LogP contribution in [0.1, 0.15) is 0 Å². The molecule has 13 heavy (non-hydrogen) atoms. The Morgan fingerprint density at radius 3 is 1.92 bits per heavy atom. The molecule has 0 aliphatic carbocycles. The van der Waals surface area contributed by atoms with Gasteiger partial charge in [-0.15, -0.1) is 0 Å². The van der Waals surface area contributed by atoms with Crippen LogP contribution in [0.15, 0.2) is 0 Å². The van der Waals surface area contributed by atoms with Crippen LogP contribution in [0.5, 0.6) is 0 Å². The van der Waals surface area contributed by atoms with Gasteiger partial charge in [0.15, 0.2) is 6.29 Å². The second kappa shape index (κ2) is 5.59. The molecule has 7 heteroatoms. The average molecular weight is 204 g/mol. The van der Waals surface area contributed by atoms with E-state index in [9.17, 15) is 0 Å². The van der Waals surface area contributed by atoms with E-state index in [1.807, 2.05) is 0 Å². The molecule has 5 atom stereocenters. The van der Waals surface area contributed by atoms with Crippen LogP contribution in [-0.2, 0) is 4.74 Å². The van der Waals surface area contributed by atoms with Gasteiger partial charge in [0.1, 0.15) is 24.4 Å². The van der Waals surface area contributed by atoms with E-state index in [1.54, 1.807) is 0 Å². The molecule has 1 saturated heterocycles. The Morgan fingerprint density at radius 1 is 0.923 bits per heavy atom. The predicted molar refractivity (Wildman–Crippen MR) is 43.1 cm³/mol. The number of aliphatic hydroxyl groups is 5. The number of hydrogen-bond acceptors (Lipinski definition) is 6. The van der Waals surface area contributed by atoms with Crippen molar-refractivity contribution in [2.24, 2.45) is 0 Å². The molecule has 6 nitrogen and oxygen atoms in total. The topological polar surface area (TPSA) is 110 Å². The molecule has 5 N–H and O–H groups in total. The summed E-state index contributed by atoms with van der Waals surface area (Å²) < 4.78 is 4.58. The standard InChI is InChI=1S/C6H12O6.Na.H/c7-1-2-3(8)4(9)5(10)6(11)12-2;;/h2-11H,1H2;;/t2-,3+,4+,5-,6?;;/m1../s1. The summed E-state index contributed by atoms with van der Waals surface area (Å²) in [6, 6.07) is 0. The Labute approximate surface area is 97.1 Å². The molecule has 1 rings (SSSR count). The van der Waals surface area contributed by atoms with Crippen LogP contribution in [0.3, 0.4) is 0 Å². The summed E-state index contributed by atoms with van der Waals surface area (Å²) in [5.41, 5.74) is 0. The van der Waals surface area contributed by atoms with Gasteiger partial charge in [0, 0.05) is 0 Å². The molecule has 1 heterocycles. The van der Waals surface area contributed by atoms with Crippen molar-refractivity contribution < 1.29 is 30.3 Å². The van der Waals surface area contributed by atoms with Gasteiger partial charge in [0.25, 0.3) is 0 Å². The van der Waals surface area contributed by atoms with Gasteiger partial charge in [-0.3, -0.25) is 0 Å². The van der Waals surface area contributed by atoms with Crippen LogP contribution in [0, 0.1) is 0 Å². The van der Waals surface area contributed by atoms with Gasteiger partial charge >= 0.3 is 29.6 Å². The molecule has 0 radical (unpaired) electrons. The van der Waals surface area contributed by atoms with E-state index < -0.39 is 37.3 Å². The van der Waals surface area contributed by atoms with Gasteiger partial charge in [-0.25, -0.2) is 0 Å². The van der Waals surface area contributed by atoms with E-state index in [1.165, 1.54) is 0 Å². The van der Waals surface area contributed by atoms with Crippen molar-refractivity contribution in [3.8, 4) is 0 Å². The summed E-state index contributed by atoms with van der Waals surface area (Å²) in [5.74, 6) is 0. The normalized spacial score (nSPS) is 45.5.